The van der Waals surface area contributed by atoms with E-state index in [1.54, 1.807) is 18.0 Å². The van der Waals surface area contributed by atoms with Gasteiger partial charge in [-0.05, 0) is 69.7 Å². The van der Waals surface area contributed by atoms with Gasteiger partial charge in [0, 0.05) is 29.7 Å². The van der Waals surface area contributed by atoms with E-state index in [4.69, 9.17) is 21.1 Å². The molecule has 2 atom stereocenters. The number of hydrogen-bond donors (Lipinski definition) is 0. The summed E-state index contributed by atoms with van der Waals surface area (Å²) < 4.78 is 16.9. The first kappa shape index (κ1) is 24.7. The van der Waals surface area contributed by atoms with Crippen LogP contribution in [-0.4, -0.2) is 42.6 Å². The van der Waals surface area contributed by atoms with E-state index in [1.807, 2.05) is 46.7 Å². The van der Waals surface area contributed by atoms with E-state index in [2.05, 4.69) is 15.3 Å². The fraction of sp³-hybridized carbons (Fsp3) is 0.462. The lowest BCUT2D eigenvalue weighted by molar-refractivity contribution is -0.0408. The highest BCUT2D eigenvalue weighted by Crippen LogP contribution is 2.31. The van der Waals surface area contributed by atoms with Gasteiger partial charge in [0.25, 0.3) is 5.56 Å². The van der Waals surface area contributed by atoms with Crippen LogP contribution in [0.2, 0.25) is 5.02 Å². The summed E-state index contributed by atoms with van der Waals surface area (Å²) in [5.41, 5.74) is 1.29. The van der Waals surface area contributed by atoms with E-state index in [0.29, 0.717) is 16.1 Å². The molecule has 0 radical (unpaired) electrons. The second-order valence-corrected chi connectivity index (χ2v) is 11.0. The summed E-state index contributed by atoms with van der Waals surface area (Å²) in [6.45, 7) is 3.63. The van der Waals surface area contributed by atoms with Crippen LogP contribution < -0.4 is 5.56 Å². The number of halogens is 1. The highest BCUT2D eigenvalue weighted by atomic mass is 35.5. The van der Waals surface area contributed by atoms with Gasteiger partial charge in [0.15, 0.2) is 6.23 Å². The molecule has 0 spiro atoms. The molecule has 5 heterocycles. The number of fused-ring (bicyclic) bond motifs is 1. The second kappa shape index (κ2) is 10.6. The second-order valence-electron chi connectivity index (χ2n) is 9.53. The van der Waals surface area contributed by atoms with Crippen LogP contribution in [-0.2, 0) is 16.0 Å². The maximum Gasteiger partial charge on any atom is 0.274 e. The lowest BCUT2D eigenvalue weighted by atomic mass is 10.2. The number of aromatic nitrogens is 6. The third-order valence-corrected chi connectivity index (χ3v) is 8.36. The molecule has 11 heteroatoms. The van der Waals surface area contributed by atoms with Gasteiger partial charge in [-0.25, -0.2) is 14.0 Å². The van der Waals surface area contributed by atoms with E-state index < -0.39 is 0 Å². The SMILES string of the molecule is Cc1c(Cl)c(Cn2ncc3cc(Sc4ccn(C5CCCCO5)n4)ccc3c2=O)nn1C1CCCCO1. The van der Waals surface area contributed by atoms with Crippen LogP contribution in [0.15, 0.2) is 51.4 Å². The molecule has 9 nitrogen and oxygen atoms in total. The number of hydrogen-bond acceptors (Lipinski definition) is 7. The predicted octanol–water partition coefficient (Wildman–Crippen LogP) is 5.35. The normalized spacial score (nSPS) is 20.5. The first-order valence-electron chi connectivity index (χ1n) is 12.8. The minimum atomic E-state index is -0.176. The largest absolute Gasteiger partial charge is 0.357 e. The van der Waals surface area contributed by atoms with Gasteiger partial charge in [0.05, 0.1) is 28.8 Å². The topological polar surface area (TPSA) is 89.0 Å². The Labute approximate surface area is 223 Å². The third kappa shape index (κ3) is 5.07. The van der Waals surface area contributed by atoms with Crippen molar-refractivity contribution in [2.45, 2.75) is 74.4 Å². The molecular formula is C26H29ClN6O3S. The standard InChI is InChI=1S/C26H29ClN6O3S/c1-17-25(27)21(29-33(17)24-7-3-5-13-36-24)16-32-26(34)20-9-8-19(14-18(20)15-28-32)37-22-10-11-31(30-22)23-6-2-4-12-35-23/h8-11,14-15,23-24H,2-7,12-13,16H2,1H3. The molecule has 0 saturated carbocycles. The average molecular weight is 541 g/mol. The quantitative estimate of drug-likeness (QED) is 0.326. The molecule has 3 aromatic heterocycles. The first-order valence-corrected chi connectivity index (χ1v) is 14.0. The lowest BCUT2D eigenvalue weighted by Gasteiger charge is -2.23. The summed E-state index contributed by atoms with van der Waals surface area (Å²) in [6.07, 6.45) is 9.90. The molecule has 2 fully saturated rings. The lowest BCUT2D eigenvalue weighted by Crippen LogP contribution is -2.24. The van der Waals surface area contributed by atoms with Crippen molar-refractivity contribution in [3.05, 3.63) is 63.4 Å². The van der Waals surface area contributed by atoms with Crippen molar-refractivity contribution in [3.8, 4) is 0 Å². The van der Waals surface area contributed by atoms with Crippen molar-refractivity contribution in [1.82, 2.24) is 29.3 Å². The predicted molar refractivity (Wildman–Crippen MR) is 141 cm³/mol. The van der Waals surface area contributed by atoms with Crippen molar-refractivity contribution in [2.24, 2.45) is 0 Å². The van der Waals surface area contributed by atoms with Gasteiger partial charge in [-0.3, -0.25) is 4.79 Å². The Morgan fingerprint density at radius 1 is 1.05 bits per heavy atom. The van der Waals surface area contributed by atoms with Crippen LogP contribution in [0.3, 0.4) is 0 Å². The highest BCUT2D eigenvalue weighted by Gasteiger charge is 2.23. The zero-order chi connectivity index (χ0) is 25.4. The Balaban J connectivity index is 1.20. The zero-order valence-electron chi connectivity index (χ0n) is 20.7. The fourth-order valence-electron chi connectivity index (χ4n) is 4.93. The van der Waals surface area contributed by atoms with E-state index in [9.17, 15) is 4.79 Å². The Kier molecular flexibility index (Phi) is 7.07. The molecule has 2 unspecified atom stereocenters. The van der Waals surface area contributed by atoms with Crippen molar-refractivity contribution < 1.29 is 9.47 Å². The number of nitrogens with zero attached hydrogens (tertiary/aromatic N) is 6. The van der Waals surface area contributed by atoms with Crippen molar-refractivity contribution in [3.63, 3.8) is 0 Å². The maximum absolute atomic E-state index is 13.2. The Hall–Kier alpha value is -2.66. The average Bonchev–Trinajstić information content (AvgIpc) is 3.51. The van der Waals surface area contributed by atoms with Crippen molar-refractivity contribution in [1.29, 1.82) is 0 Å². The summed E-state index contributed by atoms with van der Waals surface area (Å²) in [7, 11) is 0. The minimum Gasteiger partial charge on any atom is -0.357 e. The van der Waals surface area contributed by atoms with E-state index in [0.717, 1.165) is 72.7 Å². The van der Waals surface area contributed by atoms with Gasteiger partial charge in [0.2, 0.25) is 0 Å². The number of benzene rings is 1. The summed E-state index contributed by atoms with van der Waals surface area (Å²) in [6, 6.07) is 7.76. The summed E-state index contributed by atoms with van der Waals surface area (Å²) in [4.78, 5) is 14.2. The van der Waals surface area contributed by atoms with Crippen LogP contribution in [0.25, 0.3) is 10.8 Å². The Morgan fingerprint density at radius 3 is 2.59 bits per heavy atom. The van der Waals surface area contributed by atoms with Gasteiger partial charge < -0.3 is 9.47 Å². The van der Waals surface area contributed by atoms with Gasteiger partial charge >= 0.3 is 0 Å². The van der Waals surface area contributed by atoms with Crippen molar-refractivity contribution >= 4 is 34.1 Å². The van der Waals surface area contributed by atoms with E-state index in [-0.39, 0.29) is 24.6 Å². The van der Waals surface area contributed by atoms with Crippen LogP contribution in [0, 0.1) is 6.92 Å². The monoisotopic (exact) mass is 540 g/mol. The molecule has 6 rings (SSSR count). The minimum absolute atomic E-state index is 0.0150. The van der Waals surface area contributed by atoms with Crippen LogP contribution in [0.1, 0.15) is 62.4 Å². The number of ether oxygens (including phenoxy) is 2. The highest BCUT2D eigenvalue weighted by molar-refractivity contribution is 7.99. The molecule has 2 aliphatic rings. The van der Waals surface area contributed by atoms with Crippen molar-refractivity contribution in [2.75, 3.05) is 13.2 Å². The van der Waals surface area contributed by atoms with Crippen LogP contribution in [0.5, 0.6) is 0 Å². The molecule has 0 N–H and O–H groups in total. The molecule has 2 saturated heterocycles. The smallest absolute Gasteiger partial charge is 0.274 e. The molecule has 1 aromatic carbocycles. The Bertz CT molecular complexity index is 1470. The molecule has 2 aliphatic heterocycles. The fourth-order valence-corrected chi connectivity index (χ4v) is 5.94. The zero-order valence-corrected chi connectivity index (χ0v) is 22.2. The summed E-state index contributed by atoms with van der Waals surface area (Å²) in [5, 5.41) is 16.6. The van der Waals surface area contributed by atoms with Gasteiger partial charge in [-0.1, -0.05) is 23.4 Å². The molecule has 4 aromatic rings. The molecule has 0 aliphatic carbocycles. The molecule has 37 heavy (non-hydrogen) atoms. The first-order chi connectivity index (χ1) is 18.1. The summed E-state index contributed by atoms with van der Waals surface area (Å²) in [5.74, 6) is 0. The number of rotatable bonds is 6. The van der Waals surface area contributed by atoms with Crippen LogP contribution >= 0.6 is 23.4 Å². The van der Waals surface area contributed by atoms with E-state index >= 15 is 0 Å². The molecular weight excluding hydrogens is 512 g/mol. The van der Waals surface area contributed by atoms with Gasteiger partial charge in [-0.15, -0.1) is 0 Å². The maximum atomic E-state index is 13.2. The van der Waals surface area contributed by atoms with Gasteiger partial charge in [-0.2, -0.15) is 15.3 Å². The summed E-state index contributed by atoms with van der Waals surface area (Å²) >= 11 is 8.16. The van der Waals surface area contributed by atoms with Gasteiger partial charge in [0.1, 0.15) is 16.9 Å². The Morgan fingerprint density at radius 2 is 1.84 bits per heavy atom. The van der Waals surface area contributed by atoms with Crippen LogP contribution in [0.4, 0.5) is 0 Å². The molecule has 0 bridgehead atoms. The third-order valence-electron chi connectivity index (χ3n) is 6.95. The molecule has 194 valence electrons. The van der Waals surface area contributed by atoms with E-state index in [1.165, 1.54) is 4.68 Å². The molecule has 0 amide bonds.